The Morgan fingerprint density at radius 2 is 2.00 bits per heavy atom. The van der Waals surface area contributed by atoms with Crippen LogP contribution in [-0.4, -0.2) is 63.2 Å². The zero-order valence-electron chi connectivity index (χ0n) is 15.2. The van der Waals surface area contributed by atoms with E-state index in [1.165, 1.54) is 0 Å². The van der Waals surface area contributed by atoms with Gasteiger partial charge in [-0.05, 0) is 50.2 Å². The molecule has 2 aliphatic rings. The van der Waals surface area contributed by atoms with E-state index in [-0.39, 0.29) is 24.5 Å². The lowest BCUT2D eigenvalue weighted by Crippen LogP contribution is -2.36. The van der Waals surface area contributed by atoms with Crippen molar-refractivity contribution in [3.05, 3.63) is 0 Å². The van der Waals surface area contributed by atoms with E-state index in [0.717, 1.165) is 50.7 Å². The van der Waals surface area contributed by atoms with Crippen LogP contribution in [0.15, 0.2) is 0 Å². The number of carbonyl (C=O) groups excluding carboxylic acids is 2. The van der Waals surface area contributed by atoms with Crippen molar-refractivity contribution in [1.29, 1.82) is 0 Å². The van der Waals surface area contributed by atoms with E-state index in [2.05, 4.69) is 5.32 Å². The predicted molar refractivity (Wildman–Crippen MR) is 100 cm³/mol. The Morgan fingerprint density at radius 3 is 2.73 bits per heavy atom. The molecule has 0 aromatic carbocycles. The van der Waals surface area contributed by atoms with Gasteiger partial charge in [0.25, 0.3) is 5.91 Å². The Balaban J connectivity index is 1.68. The van der Waals surface area contributed by atoms with Crippen molar-refractivity contribution in [2.45, 2.75) is 69.9 Å². The molecule has 0 aromatic rings. The summed E-state index contributed by atoms with van der Waals surface area (Å²) >= 11 is 1.57. The van der Waals surface area contributed by atoms with Gasteiger partial charge in [-0.2, -0.15) is 11.8 Å². The number of nitrogens with one attached hydrogen (secondary N) is 1. The Labute approximate surface area is 158 Å². The third-order valence-electron chi connectivity index (χ3n) is 5.16. The molecule has 1 saturated carbocycles. The number of carbonyl (C=O) groups is 3. The van der Waals surface area contributed by atoms with E-state index < -0.39 is 12.0 Å². The van der Waals surface area contributed by atoms with Crippen LogP contribution in [0.4, 0.5) is 4.79 Å². The summed E-state index contributed by atoms with van der Waals surface area (Å²) in [5.41, 5.74) is 0. The lowest BCUT2D eigenvalue weighted by molar-refractivity contribution is -0.136. The molecule has 0 spiro atoms. The largest absolute Gasteiger partial charge is 0.481 e. The summed E-state index contributed by atoms with van der Waals surface area (Å²) in [6.45, 7) is 0.570. The van der Waals surface area contributed by atoms with Gasteiger partial charge in [0.1, 0.15) is 6.04 Å². The van der Waals surface area contributed by atoms with Crippen LogP contribution in [0.3, 0.4) is 0 Å². The number of hydrogen-bond acceptors (Lipinski definition) is 5. The number of aliphatic hydroxyl groups is 1. The van der Waals surface area contributed by atoms with E-state index in [0.29, 0.717) is 24.6 Å². The third kappa shape index (κ3) is 6.79. The molecule has 8 heteroatoms. The van der Waals surface area contributed by atoms with Gasteiger partial charge in [0.2, 0.25) is 0 Å². The molecule has 3 unspecified atom stereocenters. The van der Waals surface area contributed by atoms with Crippen LogP contribution in [0.25, 0.3) is 0 Å². The van der Waals surface area contributed by atoms with Gasteiger partial charge in [0.05, 0.1) is 12.5 Å². The van der Waals surface area contributed by atoms with Gasteiger partial charge >= 0.3 is 12.0 Å². The summed E-state index contributed by atoms with van der Waals surface area (Å²) < 4.78 is 0. The lowest BCUT2D eigenvalue weighted by atomic mass is 9.84. The zero-order chi connectivity index (χ0) is 18.9. The first-order valence-corrected chi connectivity index (χ1v) is 10.7. The van der Waals surface area contributed by atoms with Gasteiger partial charge in [-0.1, -0.05) is 12.8 Å². The maximum Gasteiger partial charge on any atom is 0.324 e. The number of imide groups is 1. The standard InChI is InChI=1S/C18H30N2O5S/c21-14-6-1-4-13(12-14)5-2-9-20-15(17(24)19-18(20)25)7-3-10-26-11-8-16(22)23/h13-15,21H,1-12H2,(H,22,23)(H,19,24,25). The van der Waals surface area contributed by atoms with Crippen LogP contribution in [0.5, 0.6) is 0 Å². The van der Waals surface area contributed by atoms with Gasteiger partial charge in [-0.15, -0.1) is 0 Å². The summed E-state index contributed by atoms with van der Waals surface area (Å²) in [6.07, 6.45) is 7.13. The first kappa shape index (κ1) is 21.0. The van der Waals surface area contributed by atoms with E-state index in [1.807, 2.05) is 0 Å². The Kier molecular flexibility index (Phi) is 8.71. The second-order valence-corrected chi connectivity index (χ2v) is 8.46. The Hall–Kier alpha value is -1.28. The summed E-state index contributed by atoms with van der Waals surface area (Å²) in [6, 6.07) is -0.707. The number of thioether (sulfide) groups is 1. The maximum absolute atomic E-state index is 12.0. The Morgan fingerprint density at radius 1 is 1.19 bits per heavy atom. The van der Waals surface area contributed by atoms with Crippen molar-refractivity contribution < 1.29 is 24.6 Å². The van der Waals surface area contributed by atoms with Crippen LogP contribution in [0.1, 0.15) is 57.8 Å². The summed E-state index contributed by atoms with van der Waals surface area (Å²) in [5.74, 6) is 0.860. The van der Waals surface area contributed by atoms with E-state index in [1.54, 1.807) is 16.7 Å². The van der Waals surface area contributed by atoms with E-state index in [4.69, 9.17) is 5.11 Å². The zero-order valence-corrected chi connectivity index (χ0v) is 16.0. The molecule has 2 fully saturated rings. The quantitative estimate of drug-likeness (QED) is 0.371. The second kappa shape index (κ2) is 10.8. The van der Waals surface area contributed by atoms with Crippen molar-refractivity contribution in [2.24, 2.45) is 5.92 Å². The number of urea groups is 1. The van der Waals surface area contributed by atoms with Crippen LogP contribution < -0.4 is 5.32 Å². The van der Waals surface area contributed by atoms with Gasteiger partial charge in [0.15, 0.2) is 0 Å². The smallest absolute Gasteiger partial charge is 0.324 e. The fraction of sp³-hybridized carbons (Fsp3) is 0.833. The average Bonchev–Trinajstić information content (AvgIpc) is 2.84. The normalized spacial score (nSPS) is 26.2. The molecule has 148 valence electrons. The van der Waals surface area contributed by atoms with Crippen LogP contribution >= 0.6 is 11.8 Å². The summed E-state index contributed by atoms with van der Waals surface area (Å²) in [4.78, 5) is 36.2. The van der Waals surface area contributed by atoms with E-state index >= 15 is 0 Å². The molecule has 0 aromatic heterocycles. The molecule has 1 heterocycles. The predicted octanol–water partition coefficient (Wildman–Crippen LogP) is 2.23. The van der Waals surface area contributed by atoms with Gasteiger partial charge in [-0.25, -0.2) is 4.79 Å². The third-order valence-corrected chi connectivity index (χ3v) is 6.23. The minimum absolute atomic E-state index is 0.148. The number of rotatable bonds is 11. The van der Waals surface area contributed by atoms with Gasteiger partial charge in [0, 0.05) is 12.3 Å². The molecule has 3 N–H and O–H groups in total. The SMILES string of the molecule is O=C(O)CCSCCCC1C(=O)NC(=O)N1CCCC1CCCC(O)C1. The molecule has 3 amide bonds. The molecule has 26 heavy (non-hydrogen) atoms. The highest BCUT2D eigenvalue weighted by Crippen LogP contribution is 2.28. The topological polar surface area (TPSA) is 107 Å². The van der Waals surface area contributed by atoms with Gasteiger partial charge in [-0.3, -0.25) is 14.9 Å². The van der Waals surface area contributed by atoms with Crippen molar-refractivity contribution in [1.82, 2.24) is 10.2 Å². The first-order chi connectivity index (χ1) is 12.5. The number of hydrogen-bond donors (Lipinski definition) is 3. The molecule has 1 saturated heterocycles. The monoisotopic (exact) mass is 386 g/mol. The fourth-order valence-electron chi connectivity index (χ4n) is 3.80. The number of aliphatic carboxylic acids is 1. The van der Waals surface area contributed by atoms with E-state index in [9.17, 15) is 19.5 Å². The van der Waals surface area contributed by atoms with Crippen LogP contribution in [0, 0.1) is 5.92 Å². The minimum atomic E-state index is -0.796. The molecular formula is C18H30N2O5S. The number of nitrogens with zero attached hydrogens (tertiary/aromatic N) is 1. The van der Waals surface area contributed by atoms with Crippen LogP contribution in [-0.2, 0) is 9.59 Å². The average molecular weight is 387 g/mol. The minimum Gasteiger partial charge on any atom is -0.481 e. The highest BCUT2D eigenvalue weighted by Gasteiger charge is 2.37. The summed E-state index contributed by atoms with van der Waals surface area (Å²) in [5, 5.41) is 20.8. The fourth-order valence-corrected chi connectivity index (χ4v) is 4.70. The Bertz CT molecular complexity index is 502. The number of amides is 3. The lowest BCUT2D eigenvalue weighted by Gasteiger charge is -2.27. The molecule has 7 nitrogen and oxygen atoms in total. The van der Waals surface area contributed by atoms with Crippen molar-refractivity contribution in [3.8, 4) is 0 Å². The highest BCUT2D eigenvalue weighted by atomic mass is 32.2. The molecule has 3 atom stereocenters. The van der Waals surface area contributed by atoms with Gasteiger partial charge < -0.3 is 15.1 Å². The van der Waals surface area contributed by atoms with Crippen molar-refractivity contribution in [3.63, 3.8) is 0 Å². The molecule has 2 rings (SSSR count). The second-order valence-electron chi connectivity index (χ2n) is 7.23. The maximum atomic E-state index is 12.0. The molecule has 0 radical (unpaired) electrons. The number of carboxylic acids is 1. The van der Waals surface area contributed by atoms with Crippen molar-refractivity contribution in [2.75, 3.05) is 18.1 Å². The molecule has 0 bridgehead atoms. The molecule has 1 aliphatic carbocycles. The molecular weight excluding hydrogens is 356 g/mol. The van der Waals surface area contributed by atoms with Crippen LogP contribution in [0.2, 0.25) is 0 Å². The summed E-state index contributed by atoms with van der Waals surface area (Å²) in [7, 11) is 0. The first-order valence-electron chi connectivity index (χ1n) is 9.56. The number of aliphatic hydroxyl groups excluding tert-OH is 1. The number of carboxylic acid groups (broad SMARTS) is 1. The van der Waals surface area contributed by atoms with Crippen molar-refractivity contribution >= 4 is 29.7 Å². The molecule has 1 aliphatic heterocycles. The highest BCUT2D eigenvalue weighted by molar-refractivity contribution is 7.99.